The molecular formula is C62H43N. The molecule has 0 amide bonds. The Morgan fingerprint density at radius 2 is 0.603 bits per heavy atom. The van der Waals surface area contributed by atoms with Crippen LogP contribution in [0.3, 0.4) is 0 Å². The van der Waals surface area contributed by atoms with Crippen LogP contribution in [0.5, 0.6) is 0 Å². The van der Waals surface area contributed by atoms with Gasteiger partial charge in [-0.3, -0.25) is 0 Å². The van der Waals surface area contributed by atoms with Crippen molar-refractivity contribution in [3.8, 4) is 66.8 Å². The first-order valence-corrected chi connectivity index (χ1v) is 21.7. The Morgan fingerprint density at radius 1 is 0.206 bits per heavy atom. The molecule has 0 aromatic heterocycles. The molecule has 11 rings (SSSR count). The summed E-state index contributed by atoms with van der Waals surface area (Å²) in [6.45, 7) is 0. The highest BCUT2D eigenvalue weighted by atomic mass is 15.1. The van der Waals surface area contributed by atoms with E-state index >= 15 is 0 Å². The number of fused-ring (bicyclic) bond motifs is 3. The maximum atomic E-state index is 2.42. The Hall–Kier alpha value is -8.26. The first-order valence-electron chi connectivity index (χ1n) is 21.7. The van der Waals surface area contributed by atoms with Gasteiger partial charge in [-0.25, -0.2) is 0 Å². The van der Waals surface area contributed by atoms with E-state index in [-0.39, 0.29) is 0 Å². The number of para-hydroxylation sites is 2. The van der Waals surface area contributed by atoms with Crippen LogP contribution in [0.15, 0.2) is 261 Å². The fourth-order valence-corrected chi connectivity index (χ4v) is 9.44. The second-order valence-electron chi connectivity index (χ2n) is 16.0. The smallest absolute Gasteiger partial charge is 0.0540 e. The Morgan fingerprint density at radius 3 is 1.21 bits per heavy atom. The molecule has 296 valence electrons. The first-order chi connectivity index (χ1) is 31.3. The SMILES string of the molecule is c1ccc(-c2cccc(-c3ccc(N(c4ccccc4)c4ccccc4-c4ccc5c(c4)c(-c4ccccc4)c(-c4ccccc4)c4ccccc45)cc3)c2-c2ccccc2)cc1. The molecule has 0 saturated carbocycles. The maximum Gasteiger partial charge on any atom is 0.0540 e. The summed E-state index contributed by atoms with van der Waals surface area (Å²) < 4.78 is 0. The van der Waals surface area contributed by atoms with Crippen LogP contribution >= 0.6 is 0 Å². The maximum absolute atomic E-state index is 2.42. The summed E-state index contributed by atoms with van der Waals surface area (Å²) in [6.07, 6.45) is 0. The van der Waals surface area contributed by atoms with Crippen molar-refractivity contribution < 1.29 is 0 Å². The molecule has 0 aliphatic carbocycles. The van der Waals surface area contributed by atoms with Gasteiger partial charge in [-0.2, -0.15) is 0 Å². The fraction of sp³-hybridized carbons (Fsp3) is 0. The molecule has 0 spiro atoms. The molecule has 11 aromatic carbocycles. The topological polar surface area (TPSA) is 3.24 Å². The molecule has 0 saturated heterocycles. The lowest BCUT2D eigenvalue weighted by atomic mass is 9.84. The van der Waals surface area contributed by atoms with E-state index in [1.165, 1.54) is 77.2 Å². The van der Waals surface area contributed by atoms with Crippen LogP contribution in [0.25, 0.3) is 88.3 Å². The van der Waals surface area contributed by atoms with Crippen molar-refractivity contribution in [3.05, 3.63) is 261 Å². The van der Waals surface area contributed by atoms with Crippen LogP contribution in [-0.4, -0.2) is 0 Å². The number of nitrogens with zero attached hydrogens (tertiary/aromatic N) is 1. The zero-order chi connectivity index (χ0) is 42.0. The lowest BCUT2D eigenvalue weighted by molar-refractivity contribution is 1.28. The Kier molecular flexibility index (Phi) is 9.97. The van der Waals surface area contributed by atoms with Gasteiger partial charge in [0.05, 0.1) is 5.69 Å². The molecule has 0 fully saturated rings. The molecule has 0 bridgehead atoms. The van der Waals surface area contributed by atoms with Gasteiger partial charge in [0.15, 0.2) is 0 Å². The normalized spacial score (nSPS) is 11.2. The van der Waals surface area contributed by atoms with Crippen molar-refractivity contribution in [3.63, 3.8) is 0 Å². The average molecular weight is 802 g/mol. The van der Waals surface area contributed by atoms with Gasteiger partial charge in [0.1, 0.15) is 0 Å². The molecule has 11 aromatic rings. The van der Waals surface area contributed by atoms with Crippen LogP contribution in [0.2, 0.25) is 0 Å². The van der Waals surface area contributed by atoms with E-state index < -0.39 is 0 Å². The number of hydrogen-bond acceptors (Lipinski definition) is 1. The van der Waals surface area contributed by atoms with Crippen molar-refractivity contribution in [1.29, 1.82) is 0 Å². The highest BCUT2D eigenvalue weighted by Crippen LogP contribution is 2.48. The Labute approximate surface area is 369 Å². The van der Waals surface area contributed by atoms with Crippen molar-refractivity contribution >= 4 is 38.6 Å². The molecule has 0 N–H and O–H groups in total. The van der Waals surface area contributed by atoms with Crippen LogP contribution < -0.4 is 4.90 Å². The molecule has 0 aliphatic heterocycles. The minimum Gasteiger partial charge on any atom is -0.310 e. The molecule has 0 aliphatic rings. The third-order valence-corrected chi connectivity index (χ3v) is 12.3. The number of anilines is 3. The second kappa shape index (κ2) is 16.7. The average Bonchev–Trinajstić information content (AvgIpc) is 3.37. The lowest BCUT2D eigenvalue weighted by Gasteiger charge is -2.28. The molecule has 0 unspecified atom stereocenters. The predicted octanol–water partition coefficient (Wildman–Crippen LogP) is 17.5. The number of benzene rings is 11. The molecule has 1 nitrogen and oxygen atoms in total. The third kappa shape index (κ3) is 7.06. The minimum atomic E-state index is 1.08. The van der Waals surface area contributed by atoms with Gasteiger partial charge in [0.2, 0.25) is 0 Å². The van der Waals surface area contributed by atoms with Crippen molar-refractivity contribution in [2.75, 3.05) is 4.90 Å². The summed E-state index contributed by atoms with van der Waals surface area (Å²) >= 11 is 0. The van der Waals surface area contributed by atoms with Gasteiger partial charge >= 0.3 is 0 Å². The van der Waals surface area contributed by atoms with Gasteiger partial charge in [-0.05, 0) is 119 Å². The van der Waals surface area contributed by atoms with E-state index in [1.54, 1.807) is 0 Å². The predicted molar refractivity (Wildman–Crippen MR) is 269 cm³/mol. The summed E-state index contributed by atoms with van der Waals surface area (Å²) in [4.78, 5) is 2.40. The minimum absolute atomic E-state index is 1.08. The Bertz CT molecular complexity index is 3340. The summed E-state index contributed by atoms with van der Waals surface area (Å²) in [6, 6.07) is 94.5. The van der Waals surface area contributed by atoms with Gasteiger partial charge in [0.25, 0.3) is 0 Å². The third-order valence-electron chi connectivity index (χ3n) is 12.3. The van der Waals surface area contributed by atoms with E-state index in [9.17, 15) is 0 Å². The fourth-order valence-electron chi connectivity index (χ4n) is 9.44. The number of rotatable bonds is 9. The molecule has 63 heavy (non-hydrogen) atoms. The molecule has 0 heterocycles. The zero-order valence-electron chi connectivity index (χ0n) is 34.8. The van der Waals surface area contributed by atoms with Crippen molar-refractivity contribution in [1.82, 2.24) is 0 Å². The van der Waals surface area contributed by atoms with Crippen LogP contribution in [0.1, 0.15) is 0 Å². The monoisotopic (exact) mass is 801 g/mol. The summed E-state index contributed by atoms with van der Waals surface area (Å²) in [5, 5.41) is 4.98. The van der Waals surface area contributed by atoms with E-state index in [0.717, 1.165) is 28.2 Å². The van der Waals surface area contributed by atoms with Crippen LogP contribution in [0.4, 0.5) is 17.1 Å². The summed E-state index contributed by atoms with van der Waals surface area (Å²) in [7, 11) is 0. The van der Waals surface area contributed by atoms with E-state index in [2.05, 4.69) is 266 Å². The molecule has 1 heteroatoms. The van der Waals surface area contributed by atoms with Crippen molar-refractivity contribution in [2.45, 2.75) is 0 Å². The summed E-state index contributed by atoms with van der Waals surface area (Å²) in [5.41, 5.74) is 17.7. The largest absolute Gasteiger partial charge is 0.310 e. The van der Waals surface area contributed by atoms with Gasteiger partial charge in [0, 0.05) is 16.9 Å². The van der Waals surface area contributed by atoms with E-state index in [4.69, 9.17) is 0 Å². The quantitative estimate of drug-likeness (QED) is 0.131. The zero-order valence-corrected chi connectivity index (χ0v) is 34.8. The first kappa shape index (κ1) is 37.7. The van der Waals surface area contributed by atoms with E-state index in [1.807, 2.05) is 0 Å². The highest BCUT2D eigenvalue weighted by Gasteiger charge is 2.22. The van der Waals surface area contributed by atoms with Crippen LogP contribution in [0, 0.1) is 0 Å². The van der Waals surface area contributed by atoms with Gasteiger partial charge < -0.3 is 4.90 Å². The summed E-state index contributed by atoms with van der Waals surface area (Å²) in [5.74, 6) is 0. The molecule has 0 atom stereocenters. The molecular weight excluding hydrogens is 759 g/mol. The number of hydrogen-bond donors (Lipinski definition) is 0. The van der Waals surface area contributed by atoms with Gasteiger partial charge in [-0.15, -0.1) is 0 Å². The molecule has 0 radical (unpaired) electrons. The lowest BCUT2D eigenvalue weighted by Crippen LogP contribution is -2.11. The van der Waals surface area contributed by atoms with Crippen molar-refractivity contribution in [2.24, 2.45) is 0 Å². The van der Waals surface area contributed by atoms with E-state index in [0.29, 0.717) is 0 Å². The highest BCUT2D eigenvalue weighted by molar-refractivity contribution is 6.22. The Balaban J connectivity index is 1.09. The van der Waals surface area contributed by atoms with Crippen LogP contribution in [-0.2, 0) is 0 Å². The van der Waals surface area contributed by atoms with Gasteiger partial charge in [-0.1, -0.05) is 224 Å². The standard InChI is InChI=1S/C62H43N/c1-6-21-44(22-7-1)53-34-20-35-54(60(53)46-23-8-2-9-24-46)45-37-40-51(41-38-45)63(50-29-14-5-15-30-50)59-36-19-18-31-52(59)49-39-42-56-55-32-16-17-33-57(55)61(47-25-10-3-11-26-47)62(58(56)43-49)48-27-12-4-13-28-48/h1-43H. The second-order valence-corrected chi connectivity index (χ2v) is 16.0.